The van der Waals surface area contributed by atoms with Gasteiger partial charge < -0.3 is 10.2 Å². The summed E-state index contributed by atoms with van der Waals surface area (Å²) >= 11 is 1.37. The molecule has 1 aliphatic heterocycles. The lowest BCUT2D eigenvalue weighted by Crippen LogP contribution is -2.27. The highest BCUT2D eigenvalue weighted by Gasteiger charge is 2.17. The molecule has 0 aliphatic carbocycles. The Kier molecular flexibility index (Phi) is 4.59. The molecule has 1 fully saturated rings. The number of rotatable bonds is 4. The third-order valence-electron chi connectivity index (χ3n) is 3.60. The van der Waals surface area contributed by atoms with Gasteiger partial charge in [-0.05, 0) is 13.0 Å². The Bertz CT molecular complexity index is 652. The van der Waals surface area contributed by atoms with Gasteiger partial charge in [0.1, 0.15) is 5.82 Å². The Morgan fingerprint density at radius 2 is 2.18 bits per heavy atom. The molecule has 1 saturated heterocycles. The SMILES string of the molecule is O=[N+]([O-])c1ccccc1Cc1nsc(N2CCCNCC2)n1. The van der Waals surface area contributed by atoms with Crippen molar-refractivity contribution in [3.63, 3.8) is 0 Å². The summed E-state index contributed by atoms with van der Waals surface area (Å²) in [5, 5.41) is 15.3. The van der Waals surface area contributed by atoms with Crippen LogP contribution in [0.5, 0.6) is 0 Å². The van der Waals surface area contributed by atoms with Gasteiger partial charge in [-0.15, -0.1) is 0 Å². The molecular formula is C14H17N5O2S. The molecule has 22 heavy (non-hydrogen) atoms. The highest BCUT2D eigenvalue weighted by Crippen LogP contribution is 2.23. The van der Waals surface area contributed by atoms with Gasteiger partial charge >= 0.3 is 0 Å². The van der Waals surface area contributed by atoms with Gasteiger partial charge in [0.2, 0.25) is 5.13 Å². The second-order valence-electron chi connectivity index (χ2n) is 5.15. The number of nitrogens with zero attached hydrogens (tertiary/aromatic N) is 4. The molecule has 8 heteroatoms. The van der Waals surface area contributed by atoms with Crippen LogP contribution in [0, 0.1) is 10.1 Å². The summed E-state index contributed by atoms with van der Waals surface area (Å²) in [6, 6.07) is 6.75. The van der Waals surface area contributed by atoms with Crippen LogP contribution >= 0.6 is 11.5 Å². The first kappa shape index (κ1) is 14.9. The highest BCUT2D eigenvalue weighted by molar-refractivity contribution is 7.09. The fraction of sp³-hybridized carbons (Fsp3) is 0.429. The van der Waals surface area contributed by atoms with E-state index in [4.69, 9.17) is 0 Å². The highest BCUT2D eigenvalue weighted by atomic mass is 32.1. The van der Waals surface area contributed by atoms with E-state index >= 15 is 0 Å². The predicted octanol–water partition coefficient (Wildman–Crippen LogP) is 1.84. The Balaban J connectivity index is 1.75. The number of anilines is 1. The Hall–Kier alpha value is -2.06. The normalized spacial score (nSPS) is 15.5. The molecule has 1 aromatic carbocycles. The summed E-state index contributed by atoms with van der Waals surface area (Å²) in [5.74, 6) is 0.645. The van der Waals surface area contributed by atoms with E-state index < -0.39 is 0 Å². The third kappa shape index (κ3) is 3.40. The molecule has 2 aromatic rings. The minimum Gasteiger partial charge on any atom is -0.346 e. The van der Waals surface area contributed by atoms with Crippen LogP contribution in [0.4, 0.5) is 10.8 Å². The van der Waals surface area contributed by atoms with Gasteiger partial charge in [0.25, 0.3) is 5.69 Å². The average molecular weight is 319 g/mol. The maximum atomic E-state index is 11.1. The van der Waals surface area contributed by atoms with E-state index in [0.29, 0.717) is 17.8 Å². The summed E-state index contributed by atoms with van der Waals surface area (Å²) in [4.78, 5) is 17.5. The number of hydrogen-bond donors (Lipinski definition) is 1. The van der Waals surface area contributed by atoms with Gasteiger partial charge in [-0.3, -0.25) is 10.1 Å². The smallest absolute Gasteiger partial charge is 0.273 e. The molecule has 1 aliphatic rings. The van der Waals surface area contributed by atoms with E-state index in [2.05, 4.69) is 19.6 Å². The molecule has 0 spiro atoms. The van der Waals surface area contributed by atoms with Crippen LogP contribution in [-0.4, -0.2) is 40.5 Å². The second-order valence-corrected chi connectivity index (χ2v) is 5.88. The standard InChI is InChI=1S/C14H17N5O2S/c20-19(21)12-5-2-1-4-11(12)10-13-16-14(22-17-13)18-8-3-6-15-7-9-18/h1-2,4-5,15H,3,6-10H2. The first-order valence-corrected chi connectivity index (χ1v) is 8.02. The lowest BCUT2D eigenvalue weighted by atomic mass is 10.1. The van der Waals surface area contributed by atoms with Crippen LogP contribution < -0.4 is 10.2 Å². The van der Waals surface area contributed by atoms with Crippen molar-refractivity contribution < 1.29 is 4.92 Å². The van der Waals surface area contributed by atoms with Crippen LogP contribution in [0.2, 0.25) is 0 Å². The molecule has 0 bridgehead atoms. The van der Waals surface area contributed by atoms with E-state index in [0.717, 1.165) is 37.7 Å². The fourth-order valence-corrected chi connectivity index (χ4v) is 3.23. The van der Waals surface area contributed by atoms with E-state index in [1.165, 1.54) is 17.6 Å². The number of nitro groups is 1. The molecule has 0 radical (unpaired) electrons. The summed E-state index contributed by atoms with van der Waals surface area (Å²) in [6.07, 6.45) is 1.47. The number of benzene rings is 1. The quantitative estimate of drug-likeness (QED) is 0.684. The zero-order valence-corrected chi connectivity index (χ0v) is 12.9. The van der Waals surface area contributed by atoms with Crippen LogP contribution in [0.1, 0.15) is 17.8 Å². The fourth-order valence-electron chi connectivity index (χ4n) is 2.49. The van der Waals surface area contributed by atoms with Gasteiger partial charge in [0.05, 0.1) is 4.92 Å². The summed E-state index contributed by atoms with van der Waals surface area (Å²) in [7, 11) is 0. The molecule has 116 valence electrons. The monoisotopic (exact) mass is 319 g/mol. The number of aromatic nitrogens is 2. The van der Waals surface area contributed by atoms with Gasteiger partial charge in [-0.1, -0.05) is 18.2 Å². The van der Waals surface area contributed by atoms with Crippen molar-refractivity contribution in [2.45, 2.75) is 12.8 Å². The second kappa shape index (κ2) is 6.80. The average Bonchev–Trinajstić information content (AvgIpc) is 2.81. The maximum absolute atomic E-state index is 11.1. The lowest BCUT2D eigenvalue weighted by Gasteiger charge is -2.17. The molecule has 2 heterocycles. The van der Waals surface area contributed by atoms with E-state index in [9.17, 15) is 10.1 Å². The van der Waals surface area contributed by atoms with Crippen LogP contribution in [0.15, 0.2) is 24.3 Å². The zero-order valence-electron chi connectivity index (χ0n) is 12.1. The molecule has 7 nitrogen and oxygen atoms in total. The molecule has 0 amide bonds. The number of nitro benzene ring substituents is 1. The van der Waals surface area contributed by atoms with Crippen LogP contribution in [0.3, 0.4) is 0 Å². The van der Waals surface area contributed by atoms with Gasteiger partial charge in [0, 0.05) is 49.2 Å². The topological polar surface area (TPSA) is 84.2 Å². The zero-order chi connectivity index (χ0) is 15.4. The number of nitrogens with one attached hydrogen (secondary N) is 1. The molecule has 0 unspecified atom stereocenters. The molecular weight excluding hydrogens is 302 g/mol. The molecule has 1 aromatic heterocycles. The van der Waals surface area contributed by atoms with Crippen LogP contribution in [-0.2, 0) is 6.42 Å². The largest absolute Gasteiger partial charge is 0.346 e. The molecule has 0 atom stereocenters. The van der Waals surface area contributed by atoms with Crippen LogP contribution in [0.25, 0.3) is 0 Å². The Labute approximate surface area is 132 Å². The van der Waals surface area contributed by atoms with Crippen molar-refractivity contribution in [1.82, 2.24) is 14.7 Å². The molecule has 3 rings (SSSR count). The van der Waals surface area contributed by atoms with E-state index in [-0.39, 0.29) is 10.6 Å². The number of para-hydroxylation sites is 1. The van der Waals surface area contributed by atoms with Gasteiger partial charge in [0.15, 0.2) is 0 Å². The Morgan fingerprint density at radius 1 is 1.32 bits per heavy atom. The van der Waals surface area contributed by atoms with E-state index in [1.54, 1.807) is 18.2 Å². The van der Waals surface area contributed by atoms with Crippen molar-refractivity contribution in [2.24, 2.45) is 0 Å². The van der Waals surface area contributed by atoms with Crippen molar-refractivity contribution >= 4 is 22.4 Å². The van der Waals surface area contributed by atoms with Crippen molar-refractivity contribution in [1.29, 1.82) is 0 Å². The summed E-state index contributed by atoms with van der Waals surface area (Å²) < 4.78 is 4.36. The van der Waals surface area contributed by atoms with Crippen molar-refractivity contribution in [2.75, 3.05) is 31.1 Å². The van der Waals surface area contributed by atoms with Gasteiger partial charge in [-0.25, -0.2) is 4.98 Å². The lowest BCUT2D eigenvalue weighted by molar-refractivity contribution is -0.385. The summed E-state index contributed by atoms with van der Waals surface area (Å²) in [5.41, 5.74) is 0.771. The first-order valence-electron chi connectivity index (χ1n) is 7.24. The minimum absolute atomic E-state index is 0.123. The molecule has 1 N–H and O–H groups in total. The third-order valence-corrected chi connectivity index (χ3v) is 4.42. The maximum Gasteiger partial charge on any atom is 0.273 e. The van der Waals surface area contributed by atoms with Crippen molar-refractivity contribution in [3.8, 4) is 0 Å². The molecule has 0 saturated carbocycles. The van der Waals surface area contributed by atoms with Gasteiger partial charge in [-0.2, -0.15) is 4.37 Å². The predicted molar refractivity (Wildman–Crippen MR) is 85.5 cm³/mol. The summed E-state index contributed by atoms with van der Waals surface area (Å²) in [6.45, 7) is 3.85. The van der Waals surface area contributed by atoms with Crippen molar-refractivity contribution in [3.05, 3.63) is 45.8 Å². The first-order chi connectivity index (χ1) is 10.7. The van der Waals surface area contributed by atoms with E-state index in [1.807, 2.05) is 0 Å². The minimum atomic E-state index is -0.358. The number of hydrogen-bond acceptors (Lipinski definition) is 7. The Morgan fingerprint density at radius 3 is 3.05 bits per heavy atom.